The Bertz CT molecular complexity index is 413. The van der Waals surface area contributed by atoms with Gasteiger partial charge in [-0.05, 0) is 40.1 Å². The number of anilines is 1. The highest BCUT2D eigenvalue weighted by atomic mass is 32.1. The van der Waals surface area contributed by atoms with Crippen molar-refractivity contribution in [3.63, 3.8) is 0 Å². The third-order valence-electron chi connectivity index (χ3n) is 3.05. The van der Waals surface area contributed by atoms with Gasteiger partial charge in [0, 0.05) is 30.8 Å². The van der Waals surface area contributed by atoms with E-state index in [1.165, 1.54) is 11.3 Å². The molecule has 1 heterocycles. The van der Waals surface area contributed by atoms with E-state index in [0.29, 0.717) is 23.7 Å². The molecule has 0 bridgehead atoms. The van der Waals surface area contributed by atoms with E-state index >= 15 is 0 Å². The van der Waals surface area contributed by atoms with Crippen LogP contribution in [0.1, 0.15) is 21.0 Å². The highest BCUT2D eigenvalue weighted by Gasteiger charge is 2.18. The lowest BCUT2D eigenvalue weighted by Gasteiger charge is -2.22. The molecule has 114 valence electrons. The Morgan fingerprint density at radius 2 is 2.05 bits per heavy atom. The quantitative estimate of drug-likeness (QED) is 0.793. The van der Waals surface area contributed by atoms with Crippen molar-refractivity contribution in [3.8, 4) is 0 Å². The average Bonchev–Trinajstić information content (AvgIpc) is 2.72. The van der Waals surface area contributed by atoms with Crippen LogP contribution in [0.3, 0.4) is 0 Å². The molecule has 0 aliphatic rings. The van der Waals surface area contributed by atoms with Crippen LogP contribution in [0.5, 0.6) is 0 Å². The van der Waals surface area contributed by atoms with Gasteiger partial charge in [-0.15, -0.1) is 11.3 Å². The van der Waals surface area contributed by atoms with Gasteiger partial charge < -0.3 is 20.3 Å². The highest BCUT2D eigenvalue weighted by molar-refractivity contribution is 7.14. The molecule has 1 aromatic rings. The van der Waals surface area contributed by atoms with E-state index in [9.17, 15) is 4.79 Å². The van der Waals surface area contributed by atoms with Crippen LogP contribution < -0.4 is 5.73 Å². The number of hydrogen-bond donors (Lipinski definition) is 1. The normalized spacial score (nSPS) is 11.1. The van der Waals surface area contributed by atoms with E-state index < -0.39 is 0 Å². The zero-order valence-corrected chi connectivity index (χ0v) is 13.6. The Morgan fingerprint density at radius 1 is 1.35 bits per heavy atom. The predicted molar refractivity (Wildman–Crippen MR) is 84.4 cm³/mol. The average molecular weight is 299 g/mol. The second-order valence-corrected chi connectivity index (χ2v) is 6.32. The van der Waals surface area contributed by atoms with Crippen molar-refractivity contribution in [1.29, 1.82) is 0 Å². The number of hydrogen-bond acceptors (Lipinski definition) is 5. The summed E-state index contributed by atoms with van der Waals surface area (Å²) >= 11 is 1.46. The standard InChI is InChI=1S/C14H25N3O2S/c1-11-12(15)10-13(20-11)14(18)17(8-9-19-4)7-5-6-16(2)3/h10H,5-9,15H2,1-4H3. The molecule has 1 aromatic heterocycles. The van der Waals surface area contributed by atoms with Gasteiger partial charge in [0.05, 0.1) is 11.5 Å². The number of nitrogens with two attached hydrogens (primary N) is 1. The van der Waals surface area contributed by atoms with Crippen LogP contribution in [-0.2, 0) is 4.74 Å². The highest BCUT2D eigenvalue weighted by Crippen LogP contribution is 2.24. The lowest BCUT2D eigenvalue weighted by molar-refractivity contribution is 0.0694. The molecule has 0 aliphatic heterocycles. The topological polar surface area (TPSA) is 58.8 Å². The fraction of sp³-hybridized carbons (Fsp3) is 0.643. The summed E-state index contributed by atoms with van der Waals surface area (Å²) in [7, 11) is 5.71. The number of rotatable bonds is 8. The van der Waals surface area contributed by atoms with Crippen LogP contribution in [0.25, 0.3) is 0 Å². The third-order valence-corrected chi connectivity index (χ3v) is 4.11. The Hall–Kier alpha value is -1.11. The first kappa shape index (κ1) is 16.9. The lowest BCUT2D eigenvalue weighted by atomic mass is 10.3. The molecule has 0 radical (unpaired) electrons. The Kier molecular flexibility index (Phi) is 6.98. The van der Waals surface area contributed by atoms with E-state index in [-0.39, 0.29) is 5.91 Å². The van der Waals surface area contributed by atoms with Gasteiger partial charge in [0.1, 0.15) is 0 Å². The molecular weight excluding hydrogens is 274 g/mol. The smallest absolute Gasteiger partial charge is 0.264 e. The molecule has 0 saturated carbocycles. The summed E-state index contributed by atoms with van der Waals surface area (Å²) in [4.78, 5) is 18.2. The van der Waals surface area contributed by atoms with Gasteiger partial charge in [0.15, 0.2) is 0 Å². The predicted octanol–water partition coefficient (Wildman–Crippen LogP) is 1.68. The summed E-state index contributed by atoms with van der Waals surface area (Å²) in [6.45, 7) is 4.79. The molecule has 1 amide bonds. The van der Waals surface area contributed by atoms with Crippen molar-refractivity contribution in [1.82, 2.24) is 9.80 Å². The molecule has 1 rings (SSSR count). The molecule has 5 nitrogen and oxygen atoms in total. The van der Waals surface area contributed by atoms with Gasteiger partial charge in [0.25, 0.3) is 5.91 Å². The van der Waals surface area contributed by atoms with Crippen LogP contribution in [-0.4, -0.2) is 63.2 Å². The maximum Gasteiger partial charge on any atom is 0.264 e. The second-order valence-electron chi connectivity index (χ2n) is 5.06. The Balaban J connectivity index is 2.67. The molecule has 6 heteroatoms. The molecule has 0 spiro atoms. The largest absolute Gasteiger partial charge is 0.398 e. The number of nitrogens with zero attached hydrogens (tertiary/aromatic N) is 2. The molecule has 0 unspecified atom stereocenters. The van der Waals surface area contributed by atoms with Crippen LogP contribution in [0, 0.1) is 6.92 Å². The third kappa shape index (κ3) is 5.11. The number of aryl methyl sites for hydroxylation is 1. The molecule has 0 fully saturated rings. The van der Waals surface area contributed by atoms with E-state index in [0.717, 1.165) is 24.4 Å². The number of ether oxygens (including phenoxy) is 1. The number of nitrogen functional groups attached to an aromatic ring is 1. The van der Waals surface area contributed by atoms with Gasteiger partial charge in [-0.3, -0.25) is 4.79 Å². The van der Waals surface area contributed by atoms with Crippen molar-refractivity contribution < 1.29 is 9.53 Å². The van der Waals surface area contributed by atoms with Crippen molar-refractivity contribution in [2.24, 2.45) is 0 Å². The molecule has 2 N–H and O–H groups in total. The summed E-state index contributed by atoms with van der Waals surface area (Å²) in [5, 5.41) is 0. The molecular formula is C14H25N3O2S. The summed E-state index contributed by atoms with van der Waals surface area (Å²) in [6.07, 6.45) is 0.947. The fourth-order valence-corrected chi connectivity index (χ4v) is 2.76. The first-order chi connectivity index (χ1) is 9.45. The minimum absolute atomic E-state index is 0.0469. The molecule has 0 aromatic carbocycles. The van der Waals surface area contributed by atoms with Crippen molar-refractivity contribution >= 4 is 22.9 Å². The fourth-order valence-electron chi connectivity index (χ4n) is 1.85. The minimum atomic E-state index is 0.0469. The van der Waals surface area contributed by atoms with Gasteiger partial charge in [-0.2, -0.15) is 0 Å². The van der Waals surface area contributed by atoms with Crippen LogP contribution >= 0.6 is 11.3 Å². The SMILES string of the molecule is COCCN(CCCN(C)C)C(=O)c1cc(N)c(C)s1. The number of methoxy groups -OCH3 is 1. The number of amides is 1. The number of carbonyl (C=O) groups excluding carboxylic acids is 1. The first-order valence-corrected chi connectivity index (χ1v) is 7.56. The Labute approximate surface area is 125 Å². The van der Waals surface area contributed by atoms with Gasteiger partial charge >= 0.3 is 0 Å². The maximum absolute atomic E-state index is 12.5. The van der Waals surface area contributed by atoms with Gasteiger partial charge in [-0.1, -0.05) is 0 Å². The van der Waals surface area contributed by atoms with E-state index in [1.54, 1.807) is 13.2 Å². The number of thiophene rings is 1. The second kappa shape index (κ2) is 8.24. The summed E-state index contributed by atoms with van der Waals surface area (Å²) in [6, 6.07) is 1.77. The maximum atomic E-state index is 12.5. The van der Waals surface area contributed by atoms with E-state index in [1.807, 2.05) is 25.9 Å². The van der Waals surface area contributed by atoms with Crippen molar-refractivity contribution in [2.45, 2.75) is 13.3 Å². The zero-order chi connectivity index (χ0) is 15.1. The molecule has 0 aliphatic carbocycles. The zero-order valence-electron chi connectivity index (χ0n) is 12.8. The lowest BCUT2D eigenvalue weighted by Crippen LogP contribution is -2.35. The Morgan fingerprint density at radius 3 is 2.55 bits per heavy atom. The first-order valence-electron chi connectivity index (χ1n) is 6.74. The van der Waals surface area contributed by atoms with E-state index in [4.69, 9.17) is 10.5 Å². The van der Waals surface area contributed by atoms with Crippen LogP contribution in [0.4, 0.5) is 5.69 Å². The van der Waals surface area contributed by atoms with Crippen LogP contribution in [0.15, 0.2) is 6.07 Å². The van der Waals surface area contributed by atoms with E-state index in [2.05, 4.69) is 4.90 Å². The minimum Gasteiger partial charge on any atom is -0.398 e. The monoisotopic (exact) mass is 299 g/mol. The van der Waals surface area contributed by atoms with Crippen molar-refractivity contribution in [2.75, 3.05) is 53.2 Å². The summed E-state index contributed by atoms with van der Waals surface area (Å²) in [5.41, 5.74) is 6.52. The van der Waals surface area contributed by atoms with Crippen molar-refractivity contribution in [3.05, 3.63) is 15.8 Å². The molecule has 0 atom stereocenters. The van der Waals surface area contributed by atoms with Gasteiger partial charge in [-0.25, -0.2) is 0 Å². The molecule has 0 saturated heterocycles. The molecule has 20 heavy (non-hydrogen) atoms. The summed E-state index contributed by atoms with van der Waals surface area (Å²) in [5.74, 6) is 0.0469. The van der Waals surface area contributed by atoms with Gasteiger partial charge in [0.2, 0.25) is 0 Å². The summed E-state index contributed by atoms with van der Waals surface area (Å²) < 4.78 is 5.09. The van der Waals surface area contributed by atoms with Crippen LogP contribution in [0.2, 0.25) is 0 Å². The number of carbonyl (C=O) groups is 1.